The summed E-state index contributed by atoms with van der Waals surface area (Å²) in [5.41, 5.74) is 2.60. The lowest BCUT2D eigenvalue weighted by Gasteiger charge is -2.32. The predicted octanol–water partition coefficient (Wildman–Crippen LogP) is 3.89. The summed E-state index contributed by atoms with van der Waals surface area (Å²) in [6.45, 7) is 14.8. The minimum Gasteiger partial charge on any atom is -0.598 e. The molecule has 0 fully saturated rings. The highest BCUT2D eigenvalue weighted by Gasteiger charge is 2.33. The van der Waals surface area contributed by atoms with Crippen molar-refractivity contribution in [2.45, 2.75) is 84.1 Å². The van der Waals surface area contributed by atoms with Crippen molar-refractivity contribution in [3.63, 3.8) is 0 Å². The average Bonchev–Trinajstić information content (AvgIpc) is 2.54. The van der Waals surface area contributed by atoms with Crippen molar-refractivity contribution in [2.24, 2.45) is 0 Å². The van der Waals surface area contributed by atoms with E-state index in [4.69, 9.17) is 4.98 Å². The van der Waals surface area contributed by atoms with E-state index in [1.165, 1.54) is 0 Å². The van der Waals surface area contributed by atoms with Crippen LogP contribution in [0.4, 0.5) is 0 Å². The quantitative estimate of drug-likeness (QED) is 0.809. The third-order valence-corrected chi connectivity index (χ3v) is 7.01. The van der Waals surface area contributed by atoms with Crippen molar-refractivity contribution in [1.29, 1.82) is 0 Å². The zero-order chi connectivity index (χ0) is 20.1. The summed E-state index contributed by atoms with van der Waals surface area (Å²) < 4.78 is 17.3. The fourth-order valence-electron chi connectivity index (χ4n) is 3.75. The summed E-state index contributed by atoms with van der Waals surface area (Å²) in [5, 5.41) is 0.654. The summed E-state index contributed by atoms with van der Waals surface area (Å²) in [5.74, 6) is 0.862. The molecule has 5 nitrogen and oxygen atoms in total. The number of rotatable bonds is 3. The number of hydrogen-bond acceptors (Lipinski definition) is 4. The maximum absolute atomic E-state index is 13.2. The highest BCUT2D eigenvalue weighted by molar-refractivity contribution is 7.90. The molecule has 2 atom stereocenters. The first-order valence-corrected chi connectivity index (χ1v) is 10.8. The monoisotopic (exact) mass is 389 g/mol. The standard InChI is InChI=1S/C21H31N3O2S/c1-13-11-15(14(2)23-27(26)20(3,4)5)17-16(12-13)18(25)24-10-8-9-21(6,7)19(24)22-17/h11-12,14,23H,8-10H2,1-7H3/t14?,27-/m1/s1. The van der Waals surface area contributed by atoms with Gasteiger partial charge in [0, 0.05) is 28.9 Å². The van der Waals surface area contributed by atoms with Crippen molar-refractivity contribution >= 4 is 22.3 Å². The molecule has 2 aromatic rings. The minimum absolute atomic E-state index is 0.0388. The van der Waals surface area contributed by atoms with Crippen LogP contribution in [0.5, 0.6) is 0 Å². The van der Waals surface area contributed by atoms with Crippen molar-refractivity contribution in [2.75, 3.05) is 0 Å². The normalized spacial score (nSPS) is 19.0. The molecule has 27 heavy (non-hydrogen) atoms. The molecule has 6 heteroatoms. The van der Waals surface area contributed by atoms with E-state index >= 15 is 0 Å². The van der Waals surface area contributed by atoms with Crippen LogP contribution in [0, 0.1) is 6.92 Å². The molecule has 0 spiro atoms. The van der Waals surface area contributed by atoms with Gasteiger partial charge in [-0.3, -0.25) is 9.36 Å². The number of aromatic nitrogens is 2. The highest BCUT2D eigenvalue weighted by Crippen LogP contribution is 2.33. The molecule has 2 heterocycles. The van der Waals surface area contributed by atoms with Crippen molar-refractivity contribution in [3.05, 3.63) is 39.4 Å². The van der Waals surface area contributed by atoms with E-state index in [1.54, 1.807) is 0 Å². The SMILES string of the molecule is Cc1cc(C(C)N[S@+]([O-])C(C)(C)C)c2nc3n(c(=O)c2c1)CCCC3(C)C. The van der Waals surface area contributed by atoms with E-state index in [0.717, 1.165) is 41.9 Å². The average molecular weight is 390 g/mol. The van der Waals surface area contributed by atoms with Gasteiger partial charge >= 0.3 is 0 Å². The van der Waals surface area contributed by atoms with E-state index in [0.29, 0.717) is 5.39 Å². The zero-order valence-electron chi connectivity index (χ0n) is 17.5. The van der Waals surface area contributed by atoms with Crippen LogP contribution in [-0.2, 0) is 23.3 Å². The molecule has 148 valence electrons. The first-order chi connectivity index (χ1) is 12.4. The molecule has 3 rings (SSSR count). The van der Waals surface area contributed by atoms with Crippen molar-refractivity contribution in [1.82, 2.24) is 14.3 Å². The lowest BCUT2D eigenvalue weighted by atomic mass is 9.84. The molecule has 1 N–H and O–H groups in total. The van der Waals surface area contributed by atoms with E-state index < -0.39 is 11.4 Å². The number of hydrogen-bond donors (Lipinski definition) is 1. The highest BCUT2D eigenvalue weighted by atomic mass is 32.2. The molecule has 0 saturated heterocycles. The van der Waals surface area contributed by atoms with Gasteiger partial charge in [0.25, 0.3) is 5.56 Å². The lowest BCUT2D eigenvalue weighted by molar-refractivity contribution is 0.341. The molecule has 0 aliphatic carbocycles. The summed E-state index contributed by atoms with van der Waals surface area (Å²) in [7, 11) is 0. The molecule has 1 aliphatic rings. The van der Waals surface area contributed by atoms with Crippen LogP contribution in [0.3, 0.4) is 0 Å². The number of fused-ring (bicyclic) bond motifs is 2. The fraction of sp³-hybridized carbons (Fsp3) is 0.619. The van der Waals surface area contributed by atoms with Crippen LogP contribution in [0.25, 0.3) is 10.9 Å². The molecule has 1 aromatic carbocycles. The summed E-state index contributed by atoms with van der Waals surface area (Å²) >= 11 is -1.20. The maximum atomic E-state index is 13.2. The Morgan fingerprint density at radius 3 is 2.63 bits per heavy atom. The number of benzene rings is 1. The Hall–Kier alpha value is -1.37. The van der Waals surface area contributed by atoms with Gasteiger partial charge in [-0.1, -0.05) is 19.9 Å². The van der Waals surface area contributed by atoms with Gasteiger partial charge < -0.3 is 4.55 Å². The first-order valence-electron chi connectivity index (χ1n) is 9.65. The predicted molar refractivity (Wildman–Crippen MR) is 112 cm³/mol. The first kappa shape index (κ1) is 20.4. The number of nitrogens with one attached hydrogen (secondary N) is 1. The molecular formula is C21H31N3O2S. The second-order valence-corrected chi connectivity index (χ2v) is 11.3. The van der Waals surface area contributed by atoms with Gasteiger partial charge in [-0.15, -0.1) is 4.72 Å². The van der Waals surface area contributed by atoms with Gasteiger partial charge in [0.1, 0.15) is 10.6 Å². The summed E-state index contributed by atoms with van der Waals surface area (Å²) in [6, 6.07) is 3.81. The van der Waals surface area contributed by atoms with E-state index in [9.17, 15) is 9.35 Å². The number of aryl methyl sites for hydroxylation is 1. The van der Waals surface area contributed by atoms with Gasteiger partial charge in [0.15, 0.2) is 0 Å². The third kappa shape index (κ3) is 3.80. The molecule has 1 aromatic heterocycles. The molecular weight excluding hydrogens is 358 g/mol. The fourth-order valence-corrected chi connectivity index (χ4v) is 4.55. The minimum atomic E-state index is -1.20. The van der Waals surface area contributed by atoms with Crippen LogP contribution in [0.2, 0.25) is 0 Å². The Balaban J connectivity index is 2.19. The second-order valence-electron chi connectivity index (χ2n) is 9.35. The van der Waals surface area contributed by atoms with Gasteiger partial charge in [-0.2, -0.15) is 0 Å². The van der Waals surface area contributed by atoms with Crippen molar-refractivity contribution in [3.8, 4) is 0 Å². The Morgan fingerprint density at radius 2 is 2.00 bits per heavy atom. The van der Waals surface area contributed by atoms with E-state index in [1.807, 2.05) is 45.3 Å². The topological polar surface area (TPSA) is 70.0 Å². The molecule has 1 aliphatic heterocycles. The largest absolute Gasteiger partial charge is 0.598 e. The molecule has 1 unspecified atom stereocenters. The van der Waals surface area contributed by atoms with Crippen molar-refractivity contribution < 1.29 is 4.55 Å². The molecule has 0 saturated carbocycles. The van der Waals surface area contributed by atoms with Gasteiger partial charge in [-0.25, -0.2) is 4.98 Å². The smallest absolute Gasteiger partial charge is 0.261 e. The second kappa shape index (κ2) is 6.90. The van der Waals surface area contributed by atoms with Crippen LogP contribution >= 0.6 is 0 Å². The molecule has 0 amide bonds. The van der Waals surface area contributed by atoms with Crippen LogP contribution in [0.1, 0.15) is 77.4 Å². The van der Waals surface area contributed by atoms with E-state index in [2.05, 4.69) is 24.6 Å². The summed E-state index contributed by atoms with van der Waals surface area (Å²) in [4.78, 5) is 18.2. The Bertz CT molecular complexity index is 928. The van der Waals surface area contributed by atoms with Crippen LogP contribution in [0.15, 0.2) is 16.9 Å². The Morgan fingerprint density at radius 1 is 1.33 bits per heavy atom. The lowest BCUT2D eigenvalue weighted by Crippen LogP contribution is -2.41. The van der Waals surface area contributed by atoms with Crippen LogP contribution in [-0.4, -0.2) is 18.9 Å². The van der Waals surface area contributed by atoms with Crippen LogP contribution < -0.4 is 10.3 Å². The maximum Gasteiger partial charge on any atom is 0.261 e. The zero-order valence-corrected chi connectivity index (χ0v) is 18.3. The Kier molecular flexibility index (Phi) is 5.21. The van der Waals surface area contributed by atoms with Gasteiger partial charge in [-0.05, 0) is 59.1 Å². The Labute approximate surface area is 164 Å². The van der Waals surface area contributed by atoms with Gasteiger partial charge in [0.05, 0.1) is 16.9 Å². The molecule has 0 bridgehead atoms. The van der Waals surface area contributed by atoms with E-state index in [-0.39, 0.29) is 21.8 Å². The summed E-state index contributed by atoms with van der Waals surface area (Å²) in [6.07, 6.45) is 2.02. The molecule has 0 radical (unpaired) electrons. The van der Waals surface area contributed by atoms with Gasteiger partial charge in [0.2, 0.25) is 0 Å². The third-order valence-electron chi connectivity index (χ3n) is 5.33. The number of nitrogens with zero attached hydrogens (tertiary/aromatic N) is 2.